The molecule has 2 aliphatic heterocycles. The molecule has 0 aromatic heterocycles. The molecule has 0 aromatic carbocycles. The highest BCUT2D eigenvalue weighted by molar-refractivity contribution is 7.94. The second kappa shape index (κ2) is 8.93. The van der Waals surface area contributed by atoms with Crippen LogP contribution >= 0.6 is 24.4 Å². The number of hydrogen-bond acceptors (Lipinski definition) is 8. The molecule has 0 amide bonds. The Labute approximate surface area is 163 Å². The minimum Gasteiger partial charge on any atom is -0.467 e. The average molecular weight is 439 g/mol. The van der Waals surface area contributed by atoms with Crippen molar-refractivity contribution < 1.29 is 26.3 Å². The van der Waals surface area contributed by atoms with Crippen LogP contribution in [0.25, 0.3) is 0 Å². The highest BCUT2D eigenvalue weighted by Crippen LogP contribution is 2.08. The van der Waals surface area contributed by atoms with E-state index in [-0.39, 0.29) is 47.2 Å². The van der Waals surface area contributed by atoms with Gasteiger partial charge in [-0.1, -0.05) is 0 Å². The van der Waals surface area contributed by atoms with Crippen molar-refractivity contribution in [3.8, 4) is 0 Å². The molecule has 0 saturated heterocycles. The van der Waals surface area contributed by atoms with E-state index in [0.29, 0.717) is 0 Å². The molecule has 0 saturated carbocycles. The number of hydrogen-bond donors (Lipinski definition) is 2. The second-order valence-corrected chi connectivity index (χ2v) is 10.1. The van der Waals surface area contributed by atoms with Crippen LogP contribution in [0.2, 0.25) is 0 Å². The highest BCUT2D eigenvalue weighted by Gasteiger charge is 2.23. The molecule has 2 N–H and O–H groups in total. The Bertz CT molecular complexity index is 775. The Morgan fingerprint density at radius 2 is 1.27 bits per heavy atom. The lowest BCUT2D eigenvalue weighted by Gasteiger charge is -2.13. The van der Waals surface area contributed by atoms with Gasteiger partial charge in [0, 0.05) is 10.8 Å². The number of thiocarbonyl (C=S) groups is 2. The lowest BCUT2D eigenvalue weighted by atomic mass is 10.3. The first-order valence-electron chi connectivity index (χ1n) is 7.49. The molecule has 0 spiro atoms. The van der Waals surface area contributed by atoms with Crippen LogP contribution in [0.4, 0.5) is 0 Å². The molecule has 2 heterocycles. The van der Waals surface area contributed by atoms with Crippen LogP contribution in [-0.4, -0.2) is 64.0 Å². The molecule has 2 aliphatic rings. The Balaban J connectivity index is 1.55. The number of nitrogens with one attached hydrogen (secondary N) is 2. The summed E-state index contributed by atoms with van der Waals surface area (Å²) in [6.07, 6.45) is 6.37. The fourth-order valence-corrected chi connectivity index (χ4v) is 5.01. The molecule has 144 valence electrons. The van der Waals surface area contributed by atoms with Crippen LogP contribution in [0.5, 0.6) is 0 Å². The largest absolute Gasteiger partial charge is 0.467 e. The summed E-state index contributed by atoms with van der Waals surface area (Å²) in [5.41, 5.74) is 0. The molecular formula is C14H18N2O6S4. The third kappa shape index (κ3) is 7.40. The molecule has 2 unspecified atom stereocenters. The molecular weight excluding hydrogens is 420 g/mol. The van der Waals surface area contributed by atoms with Gasteiger partial charge in [0.05, 0.1) is 23.6 Å². The fourth-order valence-electron chi connectivity index (χ4n) is 2.10. The molecule has 8 nitrogen and oxygen atoms in total. The zero-order valence-corrected chi connectivity index (χ0v) is 16.8. The van der Waals surface area contributed by atoms with Crippen molar-refractivity contribution in [2.24, 2.45) is 0 Å². The Hall–Kier alpha value is -1.50. The standard InChI is InChI=1S/C14H18N2O6S4/c17-25(18)7-3-11(9-25)15-13(23)21-5-1-2-6-22-14(24)16-12-4-8-26(19,20)10-12/h1-4,7-8,11-12H,5-6,9-10H2,(H,15,23)(H,16,24)/b2-1+. The molecule has 0 bridgehead atoms. The van der Waals surface area contributed by atoms with Crippen LogP contribution in [0.3, 0.4) is 0 Å². The van der Waals surface area contributed by atoms with Crippen molar-refractivity contribution in [2.75, 3.05) is 24.7 Å². The average Bonchev–Trinajstić information content (AvgIpc) is 3.04. The molecule has 26 heavy (non-hydrogen) atoms. The van der Waals surface area contributed by atoms with Crippen molar-refractivity contribution in [3.05, 3.63) is 35.1 Å². The Morgan fingerprint density at radius 3 is 1.58 bits per heavy atom. The van der Waals surface area contributed by atoms with Crippen molar-refractivity contribution in [2.45, 2.75) is 12.1 Å². The smallest absolute Gasteiger partial charge is 0.257 e. The van der Waals surface area contributed by atoms with E-state index in [0.717, 1.165) is 10.8 Å². The monoisotopic (exact) mass is 438 g/mol. The maximum atomic E-state index is 11.3. The fraction of sp³-hybridized carbons (Fsp3) is 0.429. The quantitative estimate of drug-likeness (QED) is 0.432. The van der Waals surface area contributed by atoms with Crippen molar-refractivity contribution in [3.63, 3.8) is 0 Å². The van der Waals surface area contributed by atoms with Crippen LogP contribution in [-0.2, 0) is 29.1 Å². The van der Waals surface area contributed by atoms with Crippen molar-refractivity contribution >= 4 is 54.5 Å². The zero-order valence-electron chi connectivity index (χ0n) is 13.5. The minimum absolute atomic E-state index is 0.0396. The van der Waals surface area contributed by atoms with Gasteiger partial charge in [0.25, 0.3) is 10.3 Å². The van der Waals surface area contributed by atoms with Crippen molar-refractivity contribution in [1.29, 1.82) is 0 Å². The summed E-state index contributed by atoms with van der Waals surface area (Å²) in [6, 6.07) is -0.756. The molecule has 12 heteroatoms. The zero-order chi connectivity index (χ0) is 19.2. The van der Waals surface area contributed by atoms with E-state index in [1.54, 1.807) is 12.2 Å². The number of sulfone groups is 2. The van der Waals surface area contributed by atoms with Gasteiger partial charge in [0.2, 0.25) is 0 Å². The van der Waals surface area contributed by atoms with E-state index < -0.39 is 19.7 Å². The van der Waals surface area contributed by atoms with E-state index in [2.05, 4.69) is 10.6 Å². The minimum atomic E-state index is -3.14. The lowest BCUT2D eigenvalue weighted by Crippen LogP contribution is -2.36. The van der Waals surface area contributed by atoms with Crippen LogP contribution in [0, 0.1) is 0 Å². The summed E-state index contributed by atoms with van der Waals surface area (Å²) < 4.78 is 55.5. The first kappa shape index (κ1) is 20.8. The van der Waals surface area contributed by atoms with Gasteiger partial charge in [-0.05, 0) is 48.7 Å². The van der Waals surface area contributed by atoms with E-state index in [1.165, 1.54) is 12.2 Å². The predicted molar refractivity (Wildman–Crippen MR) is 106 cm³/mol. The molecule has 0 radical (unpaired) electrons. The van der Waals surface area contributed by atoms with Gasteiger partial charge in [0.15, 0.2) is 19.7 Å². The first-order chi connectivity index (χ1) is 12.2. The van der Waals surface area contributed by atoms with Gasteiger partial charge in [-0.15, -0.1) is 0 Å². The second-order valence-electron chi connectivity index (χ2n) is 5.49. The first-order valence-corrected chi connectivity index (χ1v) is 11.7. The molecule has 0 aromatic rings. The predicted octanol–water partition coefficient (Wildman–Crippen LogP) is -0.0538. The van der Waals surface area contributed by atoms with Crippen LogP contribution in [0.15, 0.2) is 35.1 Å². The van der Waals surface area contributed by atoms with Crippen LogP contribution < -0.4 is 10.6 Å². The van der Waals surface area contributed by atoms with Crippen molar-refractivity contribution in [1.82, 2.24) is 10.6 Å². The molecule has 2 atom stereocenters. The molecule has 2 rings (SSSR count). The topological polar surface area (TPSA) is 111 Å². The van der Waals surface area contributed by atoms with Gasteiger partial charge in [-0.3, -0.25) is 0 Å². The van der Waals surface area contributed by atoms with Crippen LogP contribution in [0.1, 0.15) is 0 Å². The normalized spacial score (nSPS) is 25.2. The molecule has 0 aliphatic carbocycles. The van der Waals surface area contributed by atoms with Gasteiger partial charge < -0.3 is 20.1 Å². The van der Waals surface area contributed by atoms with E-state index in [1.807, 2.05) is 0 Å². The summed E-state index contributed by atoms with van der Waals surface area (Å²) in [6.45, 7) is 0.365. The number of ether oxygens (including phenoxy) is 2. The Morgan fingerprint density at radius 1 is 0.885 bits per heavy atom. The third-order valence-corrected chi connectivity index (χ3v) is 6.52. The summed E-state index contributed by atoms with van der Waals surface area (Å²) in [5.74, 6) is -0.0792. The van der Waals surface area contributed by atoms with E-state index in [9.17, 15) is 16.8 Å². The maximum absolute atomic E-state index is 11.3. The summed E-state index contributed by atoms with van der Waals surface area (Å²) in [4.78, 5) is 0. The van der Waals surface area contributed by atoms with Gasteiger partial charge in [-0.25, -0.2) is 16.8 Å². The number of rotatable bonds is 6. The van der Waals surface area contributed by atoms with Gasteiger partial charge in [-0.2, -0.15) is 0 Å². The Kier molecular flexibility index (Phi) is 7.15. The van der Waals surface area contributed by atoms with E-state index >= 15 is 0 Å². The molecule has 0 fully saturated rings. The third-order valence-electron chi connectivity index (χ3n) is 3.25. The van der Waals surface area contributed by atoms with Gasteiger partial charge >= 0.3 is 0 Å². The SMILES string of the molecule is O=S1(=O)C=CC(NC(=S)OC/C=C/COC(=S)NC2C=CS(=O)(=O)C2)C1. The van der Waals surface area contributed by atoms with Gasteiger partial charge in [0.1, 0.15) is 13.2 Å². The lowest BCUT2D eigenvalue weighted by molar-refractivity contribution is 0.328. The van der Waals surface area contributed by atoms with E-state index in [4.69, 9.17) is 33.9 Å². The summed E-state index contributed by atoms with van der Waals surface area (Å²) in [5, 5.41) is 8.08. The maximum Gasteiger partial charge on any atom is 0.257 e. The summed E-state index contributed by atoms with van der Waals surface area (Å²) >= 11 is 9.94. The summed E-state index contributed by atoms with van der Waals surface area (Å²) in [7, 11) is -6.28. The highest BCUT2D eigenvalue weighted by atomic mass is 32.2.